The van der Waals surface area contributed by atoms with E-state index >= 15 is 0 Å². The molecule has 3 aromatic rings. The van der Waals surface area contributed by atoms with E-state index in [1.165, 1.54) is 5.56 Å². The Kier molecular flexibility index (Phi) is 5.69. The molecule has 0 fully saturated rings. The number of benzene rings is 3. The van der Waals surface area contributed by atoms with Gasteiger partial charge in [-0.15, -0.1) is 0 Å². The van der Waals surface area contributed by atoms with Gasteiger partial charge in [-0.3, -0.25) is 0 Å². The highest BCUT2D eigenvalue weighted by Gasteiger charge is 2.34. The number of phenolic OH excluding ortho intramolecular Hbond substituents is 1. The van der Waals surface area contributed by atoms with E-state index in [0.717, 1.165) is 23.1 Å². The van der Waals surface area contributed by atoms with E-state index < -0.39 is 10.0 Å². The fourth-order valence-corrected chi connectivity index (χ4v) is 5.80. The summed E-state index contributed by atoms with van der Waals surface area (Å²) in [5.74, 6) is 0.253. The second-order valence-electron chi connectivity index (χ2n) is 7.62. The lowest BCUT2D eigenvalue weighted by Crippen LogP contribution is -2.45. The summed E-state index contributed by atoms with van der Waals surface area (Å²) in [4.78, 5) is 0. The molecule has 0 amide bonds. The van der Waals surface area contributed by atoms with Crippen molar-refractivity contribution in [2.75, 3.05) is 0 Å². The minimum atomic E-state index is -3.46. The first-order valence-corrected chi connectivity index (χ1v) is 11.5. The predicted octanol–water partition coefficient (Wildman–Crippen LogP) is 4.28. The Morgan fingerprint density at radius 3 is 2.31 bits per heavy atom. The van der Waals surface area contributed by atoms with Crippen molar-refractivity contribution < 1.29 is 13.5 Å². The number of sulfonamides is 1. The first-order chi connectivity index (χ1) is 14.0. The molecule has 0 radical (unpaired) electrons. The van der Waals surface area contributed by atoms with Gasteiger partial charge in [-0.05, 0) is 53.6 Å². The molecule has 150 valence electrons. The van der Waals surface area contributed by atoms with Crippen molar-refractivity contribution >= 4 is 10.0 Å². The van der Waals surface area contributed by atoms with Crippen molar-refractivity contribution in [2.24, 2.45) is 0 Å². The average Bonchev–Trinajstić information content (AvgIpc) is 2.72. The number of phenols is 1. The molecule has 0 aromatic heterocycles. The summed E-state index contributed by atoms with van der Waals surface area (Å²) >= 11 is 0. The summed E-state index contributed by atoms with van der Waals surface area (Å²) in [6.45, 7) is 0.413. The molecular formula is C24H25NO3S. The Labute approximate surface area is 172 Å². The Bertz CT molecular complexity index is 1080. The monoisotopic (exact) mass is 407 g/mol. The van der Waals surface area contributed by atoms with Gasteiger partial charge in [0.05, 0.1) is 5.75 Å². The quantitative estimate of drug-likeness (QED) is 0.663. The molecule has 29 heavy (non-hydrogen) atoms. The Balaban J connectivity index is 1.59. The largest absolute Gasteiger partial charge is 0.508 e. The fourth-order valence-electron chi connectivity index (χ4n) is 4.05. The van der Waals surface area contributed by atoms with Gasteiger partial charge in [0.15, 0.2) is 0 Å². The van der Waals surface area contributed by atoms with Crippen molar-refractivity contribution in [3.05, 3.63) is 101 Å². The van der Waals surface area contributed by atoms with Gasteiger partial charge in [0.1, 0.15) is 5.75 Å². The highest BCUT2D eigenvalue weighted by atomic mass is 32.2. The van der Waals surface area contributed by atoms with Gasteiger partial charge in [0, 0.05) is 12.6 Å². The average molecular weight is 408 g/mol. The van der Waals surface area contributed by atoms with Crippen LogP contribution in [-0.2, 0) is 35.2 Å². The van der Waals surface area contributed by atoms with Crippen LogP contribution in [0.25, 0.3) is 0 Å². The van der Waals surface area contributed by atoms with Crippen LogP contribution in [0.2, 0.25) is 0 Å². The molecule has 4 nitrogen and oxygen atoms in total. The SMILES string of the molecule is O=S(=O)(Cc1ccccc1)N1Cc2ccccc2CC1CCc1cccc(O)c1. The highest BCUT2D eigenvalue weighted by molar-refractivity contribution is 7.88. The molecule has 1 unspecified atom stereocenters. The van der Waals surface area contributed by atoms with Crippen LogP contribution in [0.15, 0.2) is 78.9 Å². The first kappa shape index (κ1) is 19.7. The van der Waals surface area contributed by atoms with E-state index in [9.17, 15) is 13.5 Å². The molecule has 5 heteroatoms. The summed E-state index contributed by atoms with van der Waals surface area (Å²) in [7, 11) is -3.46. The van der Waals surface area contributed by atoms with Gasteiger partial charge < -0.3 is 5.11 Å². The van der Waals surface area contributed by atoms with E-state index in [4.69, 9.17) is 0 Å². The van der Waals surface area contributed by atoms with Gasteiger partial charge in [-0.2, -0.15) is 4.31 Å². The van der Waals surface area contributed by atoms with Crippen molar-refractivity contribution in [3.63, 3.8) is 0 Å². The third-order valence-electron chi connectivity index (χ3n) is 5.53. The van der Waals surface area contributed by atoms with Crippen LogP contribution >= 0.6 is 0 Å². The Hall–Kier alpha value is -2.63. The van der Waals surface area contributed by atoms with Crippen molar-refractivity contribution in [3.8, 4) is 5.75 Å². The number of hydrogen-bond acceptors (Lipinski definition) is 3. The topological polar surface area (TPSA) is 57.6 Å². The standard InChI is InChI=1S/C24H25NO3S/c26-24-12-6-9-19(15-24)13-14-23-16-21-10-4-5-11-22(21)17-25(23)29(27,28)18-20-7-2-1-3-8-20/h1-12,15,23,26H,13-14,16-18H2. The Morgan fingerprint density at radius 1 is 0.862 bits per heavy atom. The molecule has 1 aliphatic rings. The van der Waals surface area contributed by atoms with E-state index in [0.29, 0.717) is 19.4 Å². The maximum Gasteiger partial charge on any atom is 0.218 e. The highest BCUT2D eigenvalue weighted by Crippen LogP contribution is 2.30. The lowest BCUT2D eigenvalue weighted by molar-refractivity contribution is 0.277. The number of aryl methyl sites for hydroxylation is 1. The van der Waals surface area contributed by atoms with Gasteiger partial charge in [0.25, 0.3) is 0 Å². The smallest absolute Gasteiger partial charge is 0.218 e. The summed E-state index contributed by atoms with van der Waals surface area (Å²) in [5, 5.41) is 9.72. The van der Waals surface area contributed by atoms with Crippen LogP contribution in [0.3, 0.4) is 0 Å². The minimum absolute atomic E-state index is 0.0125. The third-order valence-corrected chi connectivity index (χ3v) is 7.37. The molecule has 1 aliphatic heterocycles. The third kappa shape index (κ3) is 4.69. The summed E-state index contributed by atoms with van der Waals surface area (Å²) < 4.78 is 28.3. The summed E-state index contributed by atoms with van der Waals surface area (Å²) in [6, 6.07) is 24.5. The van der Waals surface area contributed by atoms with Crippen LogP contribution in [0.5, 0.6) is 5.75 Å². The maximum absolute atomic E-state index is 13.3. The van der Waals surface area contributed by atoms with E-state index in [-0.39, 0.29) is 17.5 Å². The van der Waals surface area contributed by atoms with E-state index in [2.05, 4.69) is 6.07 Å². The molecular weight excluding hydrogens is 382 g/mol. The van der Waals surface area contributed by atoms with Crippen molar-refractivity contribution in [2.45, 2.75) is 37.6 Å². The van der Waals surface area contributed by atoms with Gasteiger partial charge in [0.2, 0.25) is 10.0 Å². The number of hydrogen-bond donors (Lipinski definition) is 1. The molecule has 0 spiro atoms. The molecule has 0 saturated carbocycles. The van der Waals surface area contributed by atoms with Crippen LogP contribution in [0.1, 0.15) is 28.7 Å². The van der Waals surface area contributed by atoms with Crippen molar-refractivity contribution in [1.29, 1.82) is 0 Å². The summed E-state index contributed by atoms with van der Waals surface area (Å²) in [6.07, 6.45) is 2.15. The Morgan fingerprint density at radius 2 is 1.55 bits per heavy atom. The van der Waals surface area contributed by atoms with Crippen LogP contribution < -0.4 is 0 Å². The maximum atomic E-state index is 13.3. The van der Waals surface area contributed by atoms with Gasteiger partial charge >= 0.3 is 0 Å². The lowest BCUT2D eigenvalue weighted by Gasteiger charge is -2.36. The number of rotatable bonds is 6. The minimum Gasteiger partial charge on any atom is -0.508 e. The first-order valence-electron chi connectivity index (χ1n) is 9.89. The second kappa shape index (κ2) is 8.39. The van der Waals surface area contributed by atoms with Crippen LogP contribution in [-0.4, -0.2) is 23.9 Å². The molecule has 0 bridgehead atoms. The molecule has 0 saturated heterocycles. The van der Waals surface area contributed by atoms with Crippen molar-refractivity contribution in [1.82, 2.24) is 4.31 Å². The normalized spacial score (nSPS) is 17.0. The van der Waals surface area contributed by atoms with Gasteiger partial charge in [-0.25, -0.2) is 8.42 Å². The van der Waals surface area contributed by atoms with Crippen LogP contribution in [0, 0.1) is 0 Å². The molecule has 1 heterocycles. The fraction of sp³-hybridized carbons (Fsp3) is 0.250. The number of nitrogens with zero attached hydrogens (tertiary/aromatic N) is 1. The molecule has 0 aliphatic carbocycles. The number of aromatic hydroxyl groups is 1. The number of fused-ring (bicyclic) bond motifs is 1. The van der Waals surface area contributed by atoms with Gasteiger partial charge in [-0.1, -0.05) is 66.7 Å². The molecule has 1 atom stereocenters. The zero-order valence-corrected chi connectivity index (χ0v) is 17.1. The zero-order valence-electron chi connectivity index (χ0n) is 16.2. The zero-order chi connectivity index (χ0) is 20.3. The predicted molar refractivity (Wildman–Crippen MR) is 115 cm³/mol. The summed E-state index contributed by atoms with van der Waals surface area (Å²) in [5.41, 5.74) is 4.12. The lowest BCUT2D eigenvalue weighted by atomic mass is 9.92. The second-order valence-corrected chi connectivity index (χ2v) is 9.54. The molecule has 1 N–H and O–H groups in total. The van der Waals surface area contributed by atoms with Crippen LogP contribution in [0.4, 0.5) is 0 Å². The van der Waals surface area contributed by atoms with E-state index in [1.54, 1.807) is 16.4 Å². The molecule has 3 aromatic carbocycles. The molecule has 4 rings (SSSR count). The van der Waals surface area contributed by atoms with E-state index in [1.807, 2.05) is 60.7 Å².